The molecule has 1 heterocycles. The van der Waals surface area contributed by atoms with E-state index in [0.717, 1.165) is 54.7 Å². The number of amides is 3. The molecule has 1 saturated carbocycles. The number of carbonyl (C=O) groups is 3. The van der Waals surface area contributed by atoms with E-state index in [0.29, 0.717) is 63.8 Å². The van der Waals surface area contributed by atoms with Gasteiger partial charge in [0.1, 0.15) is 18.1 Å². The lowest BCUT2D eigenvalue weighted by molar-refractivity contribution is -0.129. The van der Waals surface area contributed by atoms with Crippen LogP contribution < -0.4 is 15.5 Å². The zero-order valence-corrected chi connectivity index (χ0v) is 31.1. The summed E-state index contributed by atoms with van der Waals surface area (Å²) >= 11 is 5.69. The van der Waals surface area contributed by atoms with Crippen LogP contribution in [0, 0.1) is 12.8 Å². The maximum absolute atomic E-state index is 13.6. The number of nitrogens with one attached hydrogen (secondary N) is 2. The Labute approximate surface area is 308 Å². The topological polar surface area (TPSA) is 113 Å². The molecule has 2 aliphatic rings. The number of unbranched alkanes of at least 4 members (excludes halogenated alkanes) is 3. The first-order valence-electron chi connectivity index (χ1n) is 18.2. The Morgan fingerprint density at radius 2 is 1.55 bits per heavy atom. The fourth-order valence-corrected chi connectivity index (χ4v) is 6.19. The van der Waals surface area contributed by atoms with Gasteiger partial charge in [-0.05, 0) is 80.9 Å². The molecule has 276 valence electrons. The van der Waals surface area contributed by atoms with Crippen molar-refractivity contribution in [2.24, 2.45) is 10.9 Å². The van der Waals surface area contributed by atoms with Crippen molar-refractivity contribution >= 4 is 53.0 Å². The molecule has 0 spiro atoms. The normalized spacial score (nSPS) is 18.4. The largest absolute Gasteiger partial charge is 0.379 e. The van der Waals surface area contributed by atoms with Gasteiger partial charge in [-0.3, -0.25) is 19.3 Å². The van der Waals surface area contributed by atoms with Crippen LogP contribution in [0.5, 0.6) is 0 Å². The zero-order valence-electron chi connectivity index (χ0n) is 30.4. The molecule has 3 amide bonds. The van der Waals surface area contributed by atoms with Crippen LogP contribution in [0.3, 0.4) is 0 Å². The van der Waals surface area contributed by atoms with Gasteiger partial charge in [0.05, 0.1) is 19.8 Å². The molecule has 2 N–H and O–H groups in total. The summed E-state index contributed by atoms with van der Waals surface area (Å²) in [5, 5.41) is 6.07. The quantitative estimate of drug-likeness (QED) is 0.0990. The zero-order chi connectivity index (χ0) is 36.4. The minimum Gasteiger partial charge on any atom is -0.379 e. The predicted octanol–water partition coefficient (Wildman–Crippen LogP) is 5.98. The number of amidine groups is 1. The smallest absolute Gasteiger partial charge is 0.278 e. The lowest BCUT2D eigenvalue weighted by Gasteiger charge is -2.29. The molecule has 0 radical (unpaired) electrons. The Kier molecular flexibility index (Phi) is 16.7. The maximum Gasteiger partial charge on any atom is 0.278 e. The lowest BCUT2D eigenvalue weighted by atomic mass is 9.85. The number of hydrogen-bond donors (Lipinski definition) is 2. The third kappa shape index (κ3) is 13.6. The molecule has 10 nitrogen and oxygen atoms in total. The molecule has 1 aliphatic carbocycles. The van der Waals surface area contributed by atoms with Crippen LogP contribution in [0.25, 0.3) is 12.2 Å². The Morgan fingerprint density at radius 3 is 2.24 bits per heavy atom. The van der Waals surface area contributed by atoms with Gasteiger partial charge in [0.15, 0.2) is 0 Å². The van der Waals surface area contributed by atoms with Gasteiger partial charge < -0.3 is 25.0 Å². The van der Waals surface area contributed by atoms with Crippen molar-refractivity contribution in [3.8, 4) is 0 Å². The molecule has 2 aromatic carbocycles. The summed E-state index contributed by atoms with van der Waals surface area (Å²) in [6.07, 6.45) is 12.5. The van der Waals surface area contributed by atoms with Crippen molar-refractivity contribution < 1.29 is 23.9 Å². The molecule has 0 unspecified atom stereocenters. The molecule has 51 heavy (non-hydrogen) atoms. The molecule has 11 heteroatoms. The Morgan fingerprint density at radius 1 is 0.882 bits per heavy atom. The molecule has 0 saturated heterocycles. The molecule has 0 bridgehead atoms. The predicted molar refractivity (Wildman–Crippen MR) is 206 cm³/mol. The van der Waals surface area contributed by atoms with E-state index in [-0.39, 0.29) is 41.9 Å². The molecule has 1 fully saturated rings. The van der Waals surface area contributed by atoms with E-state index < -0.39 is 0 Å². The van der Waals surface area contributed by atoms with Crippen LogP contribution in [0.15, 0.2) is 65.3 Å². The summed E-state index contributed by atoms with van der Waals surface area (Å²) in [6, 6.07) is 15.8. The SMILES string of the molecule is Cc1ccc(/C=C/C2=NC(=C/c3ccc(N(C)C)cc3)/C(=O)N2CC(=O)NC2CCC(C(=O)NCCOCCOCCCCCCCl)CC2)cc1. The number of anilines is 1. The Bertz CT molecular complexity index is 1500. The number of rotatable bonds is 20. The standard InChI is InChI=1S/C40H54ClN5O5/c1-30-8-10-31(11-9-30)14-21-37-44-36(28-32-12-19-35(20-13-32)45(2)3)40(49)46(37)29-38(47)43-34-17-15-33(16-18-34)39(48)42-23-25-51-27-26-50-24-7-5-4-6-22-41/h8-14,19-21,28,33-34H,4-7,15-18,22-27,29H2,1-3H3,(H,42,48)(H,43,47)/b21-14+,36-28+. The number of nitrogens with zero attached hydrogens (tertiary/aromatic N) is 3. The van der Waals surface area contributed by atoms with Crippen LogP contribution in [-0.2, 0) is 23.9 Å². The van der Waals surface area contributed by atoms with Crippen molar-refractivity contribution in [3.63, 3.8) is 0 Å². The van der Waals surface area contributed by atoms with Gasteiger partial charge in [0.2, 0.25) is 11.8 Å². The van der Waals surface area contributed by atoms with Gasteiger partial charge in [-0.2, -0.15) is 0 Å². The van der Waals surface area contributed by atoms with Crippen LogP contribution in [0.1, 0.15) is 68.1 Å². The van der Waals surface area contributed by atoms with Crippen molar-refractivity contribution in [3.05, 3.63) is 77.0 Å². The third-order valence-electron chi connectivity index (χ3n) is 9.05. The molecule has 1 aliphatic heterocycles. The monoisotopic (exact) mass is 719 g/mol. The number of carbonyl (C=O) groups excluding carboxylic acids is 3. The first-order chi connectivity index (χ1) is 24.7. The fourth-order valence-electron chi connectivity index (χ4n) is 6.00. The van der Waals surface area contributed by atoms with Crippen molar-refractivity contribution in [2.45, 2.75) is 64.3 Å². The van der Waals surface area contributed by atoms with Gasteiger partial charge in [-0.1, -0.05) is 60.9 Å². The number of hydrogen-bond acceptors (Lipinski definition) is 7. The number of benzene rings is 2. The lowest BCUT2D eigenvalue weighted by Crippen LogP contribution is -2.46. The first kappa shape index (κ1) is 39.8. The molecular formula is C40H54ClN5O5. The molecular weight excluding hydrogens is 666 g/mol. The molecule has 4 rings (SSSR count). The highest BCUT2D eigenvalue weighted by molar-refractivity contribution is 6.19. The number of ether oxygens (including phenoxy) is 2. The summed E-state index contributed by atoms with van der Waals surface area (Å²) in [7, 11) is 3.95. The van der Waals surface area contributed by atoms with E-state index in [9.17, 15) is 14.4 Å². The van der Waals surface area contributed by atoms with E-state index in [4.69, 9.17) is 21.1 Å². The second kappa shape index (κ2) is 21.4. The van der Waals surface area contributed by atoms with E-state index in [1.54, 1.807) is 12.2 Å². The molecule has 2 aromatic rings. The van der Waals surface area contributed by atoms with Gasteiger partial charge >= 0.3 is 0 Å². The van der Waals surface area contributed by atoms with Crippen LogP contribution in [0.2, 0.25) is 0 Å². The Balaban J connectivity index is 1.22. The summed E-state index contributed by atoms with van der Waals surface area (Å²) in [5.74, 6) is 0.486. The van der Waals surface area contributed by atoms with Gasteiger partial charge in [-0.15, -0.1) is 11.6 Å². The van der Waals surface area contributed by atoms with Gasteiger partial charge in [0.25, 0.3) is 5.91 Å². The average Bonchev–Trinajstić information content (AvgIpc) is 3.41. The molecule has 0 aromatic heterocycles. The average molecular weight is 720 g/mol. The molecule has 0 atom stereocenters. The number of alkyl halides is 1. The first-order valence-corrected chi connectivity index (χ1v) is 18.7. The fraction of sp³-hybridized carbons (Fsp3) is 0.500. The van der Waals surface area contributed by atoms with Crippen molar-refractivity contribution in [1.82, 2.24) is 15.5 Å². The highest BCUT2D eigenvalue weighted by Crippen LogP contribution is 2.25. The minimum absolute atomic E-state index is 0.0242. The number of aryl methyl sites for hydroxylation is 1. The highest BCUT2D eigenvalue weighted by atomic mass is 35.5. The van der Waals surface area contributed by atoms with Crippen LogP contribution in [-0.4, -0.2) is 94.0 Å². The minimum atomic E-state index is -0.323. The summed E-state index contributed by atoms with van der Waals surface area (Å²) < 4.78 is 11.2. The second-order valence-electron chi connectivity index (χ2n) is 13.4. The van der Waals surface area contributed by atoms with E-state index in [1.807, 2.05) is 80.5 Å². The van der Waals surface area contributed by atoms with Gasteiger partial charge in [0, 0.05) is 50.8 Å². The van der Waals surface area contributed by atoms with E-state index in [1.165, 1.54) is 4.90 Å². The Hall–Kier alpha value is -3.99. The maximum atomic E-state index is 13.6. The summed E-state index contributed by atoms with van der Waals surface area (Å²) in [5.41, 5.74) is 4.30. The third-order valence-corrected chi connectivity index (χ3v) is 9.31. The summed E-state index contributed by atoms with van der Waals surface area (Å²) in [6.45, 7) is 4.56. The van der Waals surface area contributed by atoms with E-state index in [2.05, 4.69) is 15.6 Å². The van der Waals surface area contributed by atoms with Gasteiger partial charge in [-0.25, -0.2) is 4.99 Å². The van der Waals surface area contributed by atoms with Crippen molar-refractivity contribution in [2.75, 3.05) is 64.4 Å². The second-order valence-corrected chi connectivity index (χ2v) is 13.7. The van der Waals surface area contributed by atoms with Crippen LogP contribution >= 0.6 is 11.6 Å². The number of halogens is 1. The summed E-state index contributed by atoms with van der Waals surface area (Å²) in [4.78, 5) is 47.7. The van der Waals surface area contributed by atoms with Crippen LogP contribution in [0.4, 0.5) is 5.69 Å². The van der Waals surface area contributed by atoms with Crippen molar-refractivity contribution in [1.29, 1.82) is 0 Å². The number of aliphatic imine (C=N–C) groups is 1. The van der Waals surface area contributed by atoms with E-state index >= 15 is 0 Å². The highest BCUT2D eigenvalue weighted by Gasteiger charge is 2.32.